The molecule has 0 atom stereocenters. The highest BCUT2D eigenvalue weighted by Gasteiger charge is 2.30. The molecule has 0 saturated carbocycles. The molecule has 0 bridgehead atoms. The monoisotopic (exact) mass is 542 g/mol. The summed E-state index contributed by atoms with van der Waals surface area (Å²) in [6, 6.07) is 32.9. The summed E-state index contributed by atoms with van der Waals surface area (Å²) in [5.74, 6) is 0. The topological polar surface area (TPSA) is 0 Å². The number of thiophene rings is 3. The van der Waals surface area contributed by atoms with E-state index in [0.717, 1.165) is 33.7 Å². The number of benzene rings is 4. The predicted octanol–water partition coefficient (Wildman–Crippen LogP) is 11.4. The maximum Gasteiger partial charge on any atom is 0.416 e. The van der Waals surface area contributed by atoms with Crippen LogP contribution in [0, 0.1) is 0 Å². The fourth-order valence-corrected chi connectivity index (χ4v) is 8.40. The van der Waals surface area contributed by atoms with Gasteiger partial charge in [0.1, 0.15) is 0 Å². The molecule has 0 amide bonds. The van der Waals surface area contributed by atoms with E-state index in [0.29, 0.717) is 0 Å². The van der Waals surface area contributed by atoms with Gasteiger partial charge in [0, 0.05) is 29.9 Å². The fourth-order valence-electron chi connectivity index (χ4n) is 4.71. The molecule has 0 N–H and O–H groups in total. The highest BCUT2D eigenvalue weighted by molar-refractivity contribution is 7.36. The third-order valence-corrected chi connectivity index (χ3v) is 10.3. The molecule has 6 heteroatoms. The van der Waals surface area contributed by atoms with Gasteiger partial charge in [0.05, 0.1) is 15.0 Å². The first-order chi connectivity index (χ1) is 17.9. The summed E-state index contributed by atoms with van der Waals surface area (Å²) in [5.41, 5.74) is 3.28. The summed E-state index contributed by atoms with van der Waals surface area (Å²) in [6.07, 6.45) is -4.33. The van der Waals surface area contributed by atoms with E-state index >= 15 is 0 Å². The molecule has 0 unspecified atom stereocenters. The summed E-state index contributed by atoms with van der Waals surface area (Å²) in [6.45, 7) is 0. The molecule has 180 valence electrons. The maximum absolute atomic E-state index is 12.9. The SMILES string of the molecule is FC(F)(F)c1ccc(-c2cccc(-c3ccc(-c4ccc5c(c4)sc4c6ccccc6sc54)s3)c2)cc1. The maximum atomic E-state index is 12.9. The lowest BCUT2D eigenvalue weighted by Crippen LogP contribution is -2.03. The minimum atomic E-state index is -4.33. The van der Waals surface area contributed by atoms with Crippen LogP contribution < -0.4 is 0 Å². The van der Waals surface area contributed by atoms with E-state index in [1.54, 1.807) is 11.3 Å². The summed E-state index contributed by atoms with van der Waals surface area (Å²) in [4.78, 5) is 2.32. The average molecular weight is 543 g/mol. The fraction of sp³-hybridized carbons (Fsp3) is 0.0323. The molecule has 0 aliphatic rings. The zero-order valence-electron chi connectivity index (χ0n) is 19.2. The molecule has 0 fully saturated rings. The highest BCUT2D eigenvalue weighted by atomic mass is 32.1. The van der Waals surface area contributed by atoms with Gasteiger partial charge >= 0.3 is 6.18 Å². The van der Waals surface area contributed by atoms with Crippen LogP contribution in [0.3, 0.4) is 0 Å². The Labute approximate surface area is 222 Å². The van der Waals surface area contributed by atoms with E-state index in [4.69, 9.17) is 0 Å². The van der Waals surface area contributed by atoms with Gasteiger partial charge in [-0.15, -0.1) is 34.0 Å². The molecule has 37 heavy (non-hydrogen) atoms. The van der Waals surface area contributed by atoms with Crippen molar-refractivity contribution in [1.29, 1.82) is 0 Å². The highest BCUT2D eigenvalue weighted by Crippen LogP contribution is 2.45. The average Bonchev–Trinajstić information content (AvgIpc) is 3.62. The van der Waals surface area contributed by atoms with Gasteiger partial charge in [-0.25, -0.2) is 0 Å². The Bertz CT molecular complexity index is 1920. The summed E-state index contributed by atoms with van der Waals surface area (Å²) in [5, 5.41) is 2.64. The number of rotatable bonds is 3. The lowest BCUT2D eigenvalue weighted by molar-refractivity contribution is -0.137. The lowest BCUT2D eigenvalue weighted by Gasteiger charge is -2.08. The normalized spacial score (nSPS) is 12.2. The molecular formula is C31H17F3S3. The van der Waals surface area contributed by atoms with Gasteiger partial charge in [-0.2, -0.15) is 13.2 Å². The van der Waals surface area contributed by atoms with Crippen LogP contribution in [0.25, 0.3) is 61.6 Å². The molecule has 3 aromatic heterocycles. The summed E-state index contributed by atoms with van der Waals surface area (Å²) >= 11 is 5.44. The lowest BCUT2D eigenvalue weighted by atomic mass is 10.0. The zero-order valence-corrected chi connectivity index (χ0v) is 21.6. The Morgan fingerprint density at radius 2 is 1.08 bits per heavy atom. The van der Waals surface area contributed by atoms with Crippen molar-refractivity contribution in [2.75, 3.05) is 0 Å². The van der Waals surface area contributed by atoms with Crippen LogP contribution in [-0.4, -0.2) is 0 Å². The molecule has 4 aromatic carbocycles. The van der Waals surface area contributed by atoms with Gasteiger partial charge < -0.3 is 0 Å². The summed E-state index contributed by atoms with van der Waals surface area (Å²) in [7, 11) is 0. The van der Waals surface area contributed by atoms with Crippen LogP contribution in [0.4, 0.5) is 13.2 Å². The minimum absolute atomic E-state index is 0.633. The van der Waals surface area contributed by atoms with E-state index in [-0.39, 0.29) is 0 Å². The Balaban J connectivity index is 1.22. The minimum Gasteiger partial charge on any atom is -0.166 e. The van der Waals surface area contributed by atoms with Crippen molar-refractivity contribution in [2.24, 2.45) is 0 Å². The van der Waals surface area contributed by atoms with Gasteiger partial charge in [0.2, 0.25) is 0 Å². The molecule has 7 aromatic rings. The van der Waals surface area contributed by atoms with Crippen molar-refractivity contribution in [3.05, 3.63) is 109 Å². The third kappa shape index (κ3) is 3.96. The quantitative estimate of drug-likeness (QED) is 0.208. The van der Waals surface area contributed by atoms with Crippen molar-refractivity contribution in [3.8, 4) is 32.0 Å². The molecule has 3 heterocycles. The van der Waals surface area contributed by atoms with Crippen molar-refractivity contribution in [3.63, 3.8) is 0 Å². The Hall–Kier alpha value is -3.45. The molecule has 0 nitrogen and oxygen atoms in total. The van der Waals surface area contributed by atoms with Gasteiger partial charge in [0.15, 0.2) is 0 Å². The second-order valence-electron chi connectivity index (χ2n) is 8.89. The van der Waals surface area contributed by atoms with Gasteiger partial charge in [-0.1, -0.05) is 60.7 Å². The number of halogens is 3. The summed E-state index contributed by atoms with van der Waals surface area (Å²) < 4.78 is 44.2. The second kappa shape index (κ2) is 8.55. The van der Waals surface area contributed by atoms with Crippen LogP contribution in [0.1, 0.15) is 5.56 Å². The van der Waals surface area contributed by atoms with Gasteiger partial charge in [-0.05, 0) is 64.7 Å². The van der Waals surface area contributed by atoms with E-state index in [1.807, 2.05) is 46.9 Å². The van der Waals surface area contributed by atoms with Crippen molar-refractivity contribution in [2.45, 2.75) is 6.18 Å². The first kappa shape index (κ1) is 22.7. The largest absolute Gasteiger partial charge is 0.416 e. The van der Waals surface area contributed by atoms with Crippen molar-refractivity contribution < 1.29 is 13.2 Å². The molecular weight excluding hydrogens is 526 g/mol. The van der Waals surface area contributed by atoms with Gasteiger partial charge in [-0.3, -0.25) is 0 Å². The standard InChI is InChI=1S/C31H17F3S3/c32-31(33,34)22-11-8-18(9-12-22)19-4-3-5-20(16-19)25-14-15-26(35-25)21-10-13-24-28(17-21)37-29-23-6-1-2-7-27(23)36-30(24)29/h1-17H. The molecule has 0 saturated heterocycles. The first-order valence-corrected chi connectivity index (χ1v) is 14.1. The smallest absolute Gasteiger partial charge is 0.166 e. The van der Waals surface area contributed by atoms with E-state index in [2.05, 4.69) is 54.6 Å². The molecule has 0 aliphatic carbocycles. The van der Waals surface area contributed by atoms with Crippen LogP contribution in [0.15, 0.2) is 103 Å². The Morgan fingerprint density at radius 3 is 1.84 bits per heavy atom. The predicted molar refractivity (Wildman–Crippen MR) is 154 cm³/mol. The Morgan fingerprint density at radius 1 is 0.459 bits per heavy atom. The number of hydrogen-bond acceptors (Lipinski definition) is 3. The van der Waals surface area contributed by atoms with Gasteiger partial charge in [0.25, 0.3) is 0 Å². The molecule has 0 aliphatic heterocycles. The van der Waals surface area contributed by atoms with Crippen LogP contribution in [0.2, 0.25) is 0 Å². The van der Waals surface area contributed by atoms with Crippen LogP contribution in [-0.2, 0) is 6.18 Å². The molecule has 7 rings (SSSR count). The second-order valence-corrected chi connectivity index (χ2v) is 12.1. The Kier molecular flexibility index (Phi) is 5.25. The van der Waals surface area contributed by atoms with Crippen LogP contribution in [0.5, 0.6) is 0 Å². The number of hydrogen-bond donors (Lipinski definition) is 0. The first-order valence-electron chi connectivity index (χ1n) is 11.7. The van der Waals surface area contributed by atoms with E-state index < -0.39 is 11.7 Å². The van der Waals surface area contributed by atoms with E-state index in [9.17, 15) is 13.2 Å². The number of fused-ring (bicyclic) bond motifs is 5. The van der Waals surface area contributed by atoms with Crippen LogP contribution >= 0.6 is 34.0 Å². The van der Waals surface area contributed by atoms with Crippen molar-refractivity contribution in [1.82, 2.24) is 0 Å². The van der Waals surface area contributed by atoms with Crippen molar-refractivity contribution >= 4 is 63.6 Å². The molecule has 0 radical (unpaired) electrons. The molecule has 0 spiro atoms. The third-order valence-electron chi connectivity index (χ3n) is 6.57. The van der Waals surface area contributed by atoms with E-state index in [1.165, 1.54) is 52.1 Å². The number of alkyl halides is 3. The zero-order chi connectivity index (χ0) is 25.1.